The number of likely N-dealkylation sites (tertiary alicyclic amines) is 1. The first-order valence-electron chi connectivity index (χ1n) is 7.57. The quantitative estimate of drug-likeness (QED) is 0.921. The monoisotopic (exact) mass is 283 g/mol. The second-order valence-corrected chi connectivity index (χ2v) is 5.80. The molecule has 2 heterocycles. The molecule has 2 atom stereocenters. The summed E-state index contributed by atoms with van der Waals surface area (Å²) in [4.78, 5) is 19.3. The Morgan fingerprint density at radius 1 is 1.38 bits per heavy atom. The van der Waals surface area contributed by atoms with Crippen molar-refractivity contribution >= 4 is 16.8 Å². The highest BCUT2D eigenvalue weighted by Gasteiger charge is 2.31. The third-order valence-electron chi connectivity index (χ3n) is 4.48. The number of hydrogen-bond acceptors (Lipinski definition) is 3. The van der Waals surface area contributed by atoms with Crippen LogP contribution in [0.1, 0.15) is 30.1 Å². The Balaban J connectivity index is 2.00. The van der Waals surface area contributed by atoms with Crippen LogP contribution in [0.15, 0.2) is 36.5 Å². The minimum Gasteiger partial charge on any atom is -0.334 e. The maximum atomic E-state index is 13.0. The Morgan fingerprint density at radius 3 is 3.00 bits per heavy atom. The van der Waals surface area contributed by atoms with E-state index in [1.807, 2.05) is 35.2 Å². The molecule has 1 amide bonds. The predicted octanol–water partition coefficient (Wildman–Crippen LogP) is 2.43. The lowest BCUT2D eigenvalue weighted by Gasteiger charge is -2.39. The molecule has 4 heteroatoms. The Bertz CT molecular complexity index is 650. The molecule has 3 rings (SSSR count). The summed E-state index contributed by atoms with van der Waals surface area (Å²) >= 11 is 0. The topological polar surface area (TPSA) is 59.2 Å². The van der Waals surface area contributed by atoms with E-state index in [0.29, 0.717) is 18.0 Å². The van der Waals surface area contributed by atoms with E-state index >= 15 is 0 Å². The Kier molecular flexibility index (Phi) is 3.88. The van der Waals surface area contributed by atoms with E-state index < -0.39 is 0 Å². The summed E-state index contributed by atoms with van der Waals surface area (Å²) < 4.78 is 0. The summed E-state index contributed by atoms with van der Waals surface area (Å²) in [6.07, 6.45) is 3.92. The number of nitrogens with two attached hydrogens (primary N) is 1. The van der Waals surface area contributed by atoms with Crippen molar-refractivity contribution in [2.24, 2.45) is 11.7 Å². The first kappa shape index (κ1) is 14.0. The third-order valence-corrected chi connectivity index (χ3v) is 4.48. The second kappa shape index (κ2) is 5.82. The van der Waals surface area contributed by atoms with Gasteiger partial charge in [-0.05, 0) is 30.9 Å². The van der Waals surface area contributed by atoms with Crippen molar-refractivity contribution in [1.82, 2.24) is 9.88 Å². The van der Waals surface area contributed by atoms with Crippen molar-refractivity contribution in [2.75, 3.05) is 13.1 Å². The van der Waals surface area contributed by atoms with Gasteiger partial charge >= 0.3 is 0 Å². The smallest absolute Gasteiger partial charge is 0.256 e. The maximum Gasteiger partial charge on any atom is 0.256 e. The van der Waals surface area contributed by atoms with Gasteiger partial charge in [0.2, 0.25) is 0 Å². The van der Waals surface area contributed by atoms with Gasteiger partial charge in [-0.2, -0.15) is 0 Å². The van der Waals surface area contributed by atoms with Gasteiger partial charge in [-0.25, -0.2) is 0 Å². The average Bonchev–Trinajstić information content (AvgIpc) is 2.53. The van der Waals surface area contributed by atoms with Crippen molar-refractivity contribution in [2.45, 2.75) is 25.8 Å². The van der Waals surface area contributed by atoms with Gasteiger partial charge in [0.05, 0.1) is 11.1 Å². The molecule has 0 saturated carbocycles. The van der Waals surface area contributed by atoms with Gasteiger partial charge in [-0.1, -0.05) is 25.1 Å². The van der Waals surface area contributed by atoms with Crippen molar-refractivity contribution in [3.63, 3.8) is 0 Å². The van der Waals surface area contributed by atoms with Crippen LogP contribution >= 0.6 is 0 Å². The van der Waals surface area contributed by atoms with E-state index in [-0.39, 0.29) is 11.9 Å². The number of carbonyl (C=O) groups is 1. The van der Waals surface area contributed by atoms with Crippen LogP contribution in [0.3, 0.4) is 0 Å². The fourth-order valence-electron chi connectivity index (χ4n) is 3.29. The molecule has 1 fully saturated rings. The Labute approximate surface area is 125 Å². The van der Waals surface area contributed by atoms with Gasteiger partial charge < -0.3 is 10.6 Å². The highest BCUT2D eigenvalue weighted by molar-refractivity contribution is 6.05. The van der Waals surface area contributed by atoms with Crippen LogP contribution in [0, 0.1) is 5.92 Å². The number of para-hydroxylation sites is 1. The van der Waals surface area contributed by atoms with Gasteiger partial charge in [0.25, 0.3) is 5.91 Å². The lowest BCUT2D eigenvalue weighted by molar-refractivity contribution is 0.0534. The minimum absolute atomic E-state index is 0.0568. The van der Waals surface area contributed by atoms with Gasteiger partial charge in [-0.15, -0.1) is 0 Å². The first-order chi connectivity index (χ1) is 10.2. The zero-order chi connectivity index (χ0) is 14.8. The molecule has 21 heavy (non-hydrogen) atoms. The lowest BCUT2D eigenvalue weighted by Crippen LogP contribution is -2.51. The fraction of sp³-hybridized carbons (Fsp3) is 0.412. The minimum atomic E-state index is 0.0568. The number of fused-ring (bicyclic) bond motifs is 1. The number of benzene rings is 1. The van der Waals surface area contributed by atoms with Gasteiger partial charge in [0.15, 0.2) is 0 Å². The van der Waals surface area contributed by atoms with Crippen LogP contribution < -0.4 is 5.73 Å². The summed E-state index contributed by atoms with van der Waals surface area (Å²) in [6, 6.07) is 9.77. The van der Waals surface area contributed by atoms with Crippen LogP contribution in [-0.2, 0) is 0 Å². The number of aromatic nitrogens is 1. The molecule has 0 spiro atoms. The summed E-state index contributed by atoms with van der Waals surface area (Å²) in [5, 5.41) is 0.998. The molecule has 2 unspecified atom stereocenters. The highest BCUT2D eigenvalue weighted by atomic mass is 16.2. The standard InChI is InChI=1S/C17H21N3O/c1-12-5-4-10-20(15(12)11-18)17(21)14-8-2-6-13-7-3-9-19-16(13)14/h2-3,6-9,12,15H,4-5,10-11,18H2,1H3. The lowest BCUT2D eigenvalue weighted by atomic mass is 9.90. The molecule has 1 aromatic carbocycles. The summed E-state index contributed by atoms with van der Waals surface area (Å²) in [5.74, 6) is 0.511. The number of rotatable bonds is 2. The van der Waals surface area contributed by atoms with Crippen molar-refractivity contribution in [3.8, 4) is 0 Å². The fourth-order valence-corrected chi connectivity index (χ4v) is 3.29. The summed E-state index contributed by atoms with van der Waals surface area (Å²) in [7, 11) is 0. The molecule has 4 nitrogen and oxygen atoms in total. The number of nitrogens with zero attached hydrogens (tertiary/aromatic N) is 2. The van der Waals surface area contributed by atoms with Gasteiger partial charge in [-0.3, -0.25) is 9.78 Å². The Hall–Kier alpha value is -1.94. The first-order valence-corrected chi connectivity index (χ1v) is 7.57. The van der Waals surface area contributed by atoms with Crippen LogP contribution in [0.4, 0.5) is 0 Å². The van der Waals surface area contributed by atoms with E-state index in [0.717, 1.165) is 30.3 Å². The number of carbonyl (C=O) groups excluding carboxylic acids is 1. The van der Waals surface area contributed by atoms with Gasteiger partial charge in [0, 0.05) is 30.7 Å². The molecular weight excluding hydrogens is 262 g/mol. The van der Waals surface area contributed by atoms with E-state index in [9.17, 15) is 4.79 Å². The molecule has 110 valence electrons. The zero-order valence-electron chi connectivity index (χ0n) is 12.3. The molecule has 2 aromatic rings. The summed E-state index contributed by atoms with van der Waals surface area (Å²) in [5.41, 5.74) is 7.36. The molecule has 0 radical (unpaired) electrons. The molecule has 0 aliphatic carbocycles. The van der Waals surface area contributed by atoms with Crippen LogP contribution in [-0.4, -0.2) is 34.9 Å². The summed E-state index contributed by atoms with van der Waals surface area (Å²) in [6.45, 7) is 3.48. The van der Waals surface area contributed by atoms with Crippen LogP contribution in [0.5, 0.6) is 0 Å². The maximum absolute atomic E-state index is 13.0. The van der Waals surface area contributed by atoms with E-state index in [4.69, 9.17) is 5.73 Å². The predicted molar refractivity (Wildman–Crippen MR) is 84.0 cm³/mol. The largest absolute Gasteiger partial charge is 0.334 e. The molecule has 1 aliphatic heterocycles. The normalized spacial score (nSPS) is 22.5. The second-order valence-electron chi connectivity index (χ2n) is 5.80. The van der Waals surface area contributed by atoms with E-state index in [2.05, 4.69) is 11.9 Å². The number of piperidine rings is 1. The van der Waals surface area contributed by atoms with E-state index in [1.54, 1.807) is 6.20 Å². The van der Waals surface area contributed by atoms with Crippen LogP contribution in [0.25, 0.3) is 10.9 Å². The van der Waals surface area contributed by atoms with Gasteiger partial charge in [0.1, 0.15) is 0 Å². The number of hydrogen-bond donors (Lipinski definition) is 1. The molecule has 2 N–H and O–H groups in total. The van der Waals surface area contributed by atoms with Crippen molar-refractivity contribution in [1.29, 1.82) is 0 Å². The molecular formula is C17H21N3O. The SMILES string of the molecule is CC1CCCN(C(=O)c2cccc3cccnc23)C1CN. The third kappa shape index (κ3) is 2.51. The number of amides is 1. The molecule has 1 aliphatic rings. The van der Waals surface area contributed by atoms with Crippen molar-refractivity contribution < 1.29 is 4.79 Å². The number of pyridine rings is 1. The molecule has 0 bridgehead atoms. The van der Waals surface area contributed by atoms with E-state index in [1.165, 1.54) is 0 Å². The molecule has 1 saturated heterocycles. The van der Waals surface area contributed by atoms with Crippen molar-refractivity contribution in [3.05, 3.63) is 42.1 Å². The highest BCUT2D eigenvalue weighted by Crippen LogP contribution is 2.26. The van der Waals surface area contributed by atoms with Crippen LogP contribution in [0.2, 0.25) is 0 Å². The molecule has 1 aromatic heterocycles. The average molecular weight is 283 g/mol. The zero-order valence-corrected chi connectivity index (χ0v) is 12.3. The Morgan fingerprint density at radius 2 is 2.19 bits per heavy atom.